The van der Waals surface area contributed by atoms with E-state index in [4.69, 9.17) is 4.74 Å². The second-order valence-corrected chi connectivity index (χ2v) is 15.2. The Labute approximate surface area is 190 Å². The Morgan fingerprint density at radius 1 is 1.06 bits per heavy atom. The van der Waals surface area contributed by atoms with Crippen LogP contribution in [-0.4, -0.2) is 48.9 Å². The molecule has 32 heavy (non-hydrogen) atoms. The smallest absolute Gasteiger partial charge is 0.424 e. The highest BCUT2D eigenvalue weighted by Gasteiger charge is 2.56. The number of hydrogen-bond donors (Lipinski definition) is 0. The maximum Gasteiger partial charge on any atom is 0.424 e. The zero-order chi connectivity index (χ0) is 23.9. The number of hydrogen-bond acceptors (Lipinski definition) is 5. The third-order valence-electron chi connectivity index (χ3n) is 5.31. The second kappa shape index (κ2) is 8.21. The largest absolute Gasteiger partial charge is 0.443 e. The van der Waals surface area contributed by atoms with Gasteiger partial charge in [0.2, 0.25) is 17.7 Å². The predicted octanol–water partition coefficient (Wildman–Crippen LogP) is 3.72. The number of carbonyl (C=O) groups excluding carboxylic acids is 4. The predicted molar refractivity (Wildman–Crippen MR) is 123 cm³/mol. The van der Waals surface area contributed by atoms with Gasteiger partial charge in [-0.1, -0.05) is 25.6 Å². The minimum atomic E-state index is -1.49. The number of carbonyl (C=O) groups is 4. The highest BCUT2D eigenvalue weighted by Crippen LogP contribution is 2.43. The number of ether oxygens (including phenoxy) is 1. The molecule has 1 atom stereocenters. The maximum absolute atomic E-state index is 13.3. The average Bonchev–Trinajstić information content (AvgIpc) is 3.00. The molecule has 2 fully saturated rings. The Balaban J connectivity index is 1.81. The standard InChI is InChI=1S/C24H30N2O5Si/c1-23(2,3)31-22(30)26-19(27)11-13-24(21(26)29)15-20(28)25(16-24)18-9-7-17(8-10-18)12-14-32(4,5)6/h7-10H,11,13,15-16H2,1-6H3. The molecular formula is C24H30N2O5Si. The summed E-state index contributed by atoms with van der Waals surface area (Å²) < 4.78 is 5.26. The number of benzene rings is 1. The van der Waals surface area contributed by atoms with Crippen LogP contribution in [-0.2, 0) is 19.1 Å². The van der Waals surface area contributed by atoms with Crippen molar-refractivity contribution >= 4 is 37.6 Å². The first-order valence-corrected chi connectivity index (χ1v) is 14.2. The van der Waals surface area contributed by atoms with Crippen LogP contribution >= 0.6 is 0 Å². The molecule has 0 aromatic heterocycles. The molecule has 170 valence electrons. The Morgan fingerprint density at radius 3 is 2.25 bits per heavy atom. The Morgan fingerprint density at radius 2 is 1.69 bits per heavy atom. The van der Waals surface area contributed by atoms with Crippen molar-refractivity contribution < 1.29 is 23.9 Å². The van der Waals surface area contributed by atoms with E-state index in [1.165, 1.54) is 0 Å². The molecule has 2 aliphatic rings. The zero-order valence-electron chi connectivity index (χ0n) is 19.6. The van der Waals surface area contributed by atoms with E-state index in [0.717, 1.165) is 5.56 Å². The van der Waals surface area contributed by atoms with E-state index < -0.39 is 37.0 Å². The van der Waals surface area contributed by atoms with Crippen LogP contribution in [0.1, 0.15) is 45.6 Å². The van der Waals surface area contributed by atoms with Crippen molar-refractivity contribution in [2.24, 2.45) is 5.41 Å². The van der Waals surface area contributed by atoms with Crippen molar-refractivity contribution in [1.29, 1.82) is 0 Å². The quantitative estimate of drug-likeness (QED) is 0.367. The van der Waals surface area contributed by atoms with Gasteiger partial charge in [0, 0.05) is 30.6 Å². The van der Waals surface area contributed by atoms with Gasteiger partial charge in [-0.3, -0.25) is 14.4 Å². The molecule has 1 unspecified atom stereocenters. The lowest BCUT2D eigenvalue weighted by molar-refractivity contribution is -0.155. The fourth-order valence-corrected chi connectivity index (χ4v) is 4.29. The molecule has 2 saturated heterocycles. The van der Waals surface area contributed by atoms with E-state index in [2.05, 4.69) is 31.1 Å². The van der Waals surface area contributed by atoms with Crippen LogP contribution in [0.4, 0.5) is 10.5 Å². The van der Waals surface area contributed by atoms with E-state index in [1.807, 2.05) is 24.3 Å². The van der Waals surface area contributed by atoms with Crippen molar-refractivity contribution in [2.45, 2.75) is 65.3 Å². The van der Waals surface area contributed by atoms with Gasteiger partial charge in [0.05, 0.1) is 5.41 Å². The third-order valence-corrected chi connectivity index (χ3v) is 6.19. The number of likely N-dealkylation sites (tertiary alicyclic amines) is 1. The lowest BCUT2D eigenvalue weighted by atomic mass is 9.78. The van der Waals surface area contributed by atoms with Crippen molar-refractivity contribution in [1.82, 2.24) is 4.90 Å². The molecule has 0 bridgehead atoms. The van der Waals surface area contributed by atoms with Crippen LogP contribution in [0.2, 0.25) is 19.6 Å². The van der Waals surface area contributed by atoms with Gasteiger partial charge < -0.3 is 9.64 Å². The third kappa shape index (κ3) is 5.10. The number of piperidine rings is 1. The molecule has 0 N–H and O–H groups in total. The molecule has 1 aromatic rings. The van der Waals surface area contributed by atoms with Gasteiger partial charge in [-0.2, -0.15) is 4.90 Å². The summed E-state index contributed by atoms with van der Waals surface area (Å²) in [6.45, 7) is 11.6. The van der Waals surface area contributed by atoms with Gasteiger partial charge in [0.1, 0.15) is 13.7 Å². The number of amides is 4. The normalized spacial score (nSPS) is 21.6. The van der Waals surface area contributed by atoms with Gasteiger partial charge in [0.15, 0.2) is 0 Å². The first kappa shape index (κ1) is 23.7. The minimum Gasteiger partial charge on any atom is -0.443 e. The van der Waals surface area contributed by atoms with E-state index in [-0.39, 0.29) is 31.7 Å². The second-order valence-electron chi connectivity index (χ2n) is 10.5. The fourth-order valence-electron chi connectivity index (χ4n) is 3.77. The number of rotatable bonds is 1. The van der Waals surface area contributed by atoms with Crippen LogP contribution in [0.3, 0.4) is 0 Å². The number of nitrogens with zero attached hydrogens (tertiary/aromatic N) is 2. The molecule has 7 nitrogen and oxygen atoms in total. The molecule has 1 aromatic carbocycles. The van der Waals surface area contributed by atoms with E-state index >= 15 is 0 Å². The lowest BCUT2D eigenvalue weighted by Gasteiger charge is -2.36. The summed E-state index contributed by atoms with van der Waals surface area (Å²) in [6.07, 6.45) is -0.790. The van der Waals surface area contributed by atoms with Crippen LogP contribution in [0, 0.1) is 16.9 Å². The van der Waals surface area contributed by atoms with Crippen molar-refractivity contribution in [3.8, 4) is 11.5 Å². The van der Waals surface area contributed by atoms with Gasteiger partial charge in [0.25, 0.3) is 0 Å². The highest BCUT2D eigenvalue weighted by molar-refractivity contribution is 6.83. The molecule has 2 heterocycles. The molecule has 1 spiro atoms. The molecule has 8 heteroatoms. The topological polar surface area (TPSA) is 84.0 Å². The Hall–Kier alpha value is -2.92. The summed E-state index contributed by atoms with van der Waals surface area (Å²) in [4.78, 5) is 53.1. The first-order valence-electron chi connectivity index (χ1n) is 10.7. The van der Waals surface area contributed by atoms with Crippen LogP contribution in [0.25, 0.3) is 0 Å². The number of anilines is 1. The molecule has 4 amide bonds. The lowest BCUT2D eigenvalue weighted by Crippen LogP contribution is -2.55. The van der Waals surface area contributed by atoms with Crippen molar-refractivity contribution in [2.75, 3.05) is 11.4 Å². The molecule has 2 aliphatic heterocycles. The summed E-state index contributed by atoms with van der Waals surface area (Å²) >= 11 is 0. The summed E-state index contributed by atoms with van der Waals surface area (Å²) in [5.41, 5.74) is 2.88. The first-order chi connectivity index (χ1) is 14.7. The highest BCUT2D eigenvalue weighted by atomic mass is 28.3. The zero-order valence-corrected chi connectivity index (χ0v) is 20.6. The van der Waals surface area contributed by atoms with Crippen LogP contribution < -0.4 is 4.90 Å². The van der Waals surface area contributed by atoms with E-state index in [9.17, 15) is 19.2 Å². The molecule has 0 saturated carbocycles. The van der Waals surface area contributed by atoms with Gasteiger partial charge in [-0.05, 0) is 51.5 Å². The van der Waals surface area contributed by atoms with Crippen LogP contribution in [0.5, 0.6) is 0 Å². The van der Waals surface area contributed by atoms with Crippen LogP contribution in [0.15, 0.2) is 24.3 Å². The van der Waals surface area contributed by atoms with E-state index in [1.54, 1.807) is 25.7 Å². The summed E-state index contributed by atoms with van der Waals surface area (Å²) in [5, 5.41) is 0. The fraction of sp³-hybridized carbons (Fsp3) is 0.500. The molecule has 3 rings (SSSR count). The van der Waals surface area contributed by atoms with E-state index in [0.29, 0.717) is 10.6 Å². The van der Waals surface area contributed by atoms with Gasteiger partial charge in [-0.15, -0.1) is 5.54 Å². The van der Waals surface area contributed by atoms with Crippen molar-refractivity contribution in [3.05, 3.63) is 29.8 Å². The minimum absolute atomic E-state index is 0.0112. The molecular weight excluding hydrogens is 424 g/mol. The molecule has 0 radical (unpaired) electrons. The maximum atomic E-state index is 13.3. The Kier molecular flexibility index (Phi) is 6.09. The summed E-state index contributed by atoms with van der Waals surface area (Å²) in [7, 11) is -1.49. The summed E-state index contributed by atoms with van der Waals surface area (Å²) in [6, 6.07) is 7.35. The number of imide groups is 3. The SMILES string of the molecule is CC(C)(C)OC(=O)N1C(=O)CCC2(CC(=O)N(c3ccc(C#C[Si](C)(C)C)cc3)C2)C1=O. The molecule has 0 aliphatic carbocycles. The van der Waals surface area contributed by atoms with Gasteiger partial charge >= 0.3 is 6.09 Å². The Bertz CT molecular complexity index is 1020. The van der Waals surface area contributed by atoms with Gasteiger partial charge in [-0.25, -0.2) is 4.79 Å². The monoisotopic (exact) mass is 454 g/mol. The average molecular weight is 455 g/mol. The van der Waals surface area contributed by atoms with Crippen molar-refractivity contribution in [3.63, 3.8) is 0 Å². The summed E-state index contributed by atoms with van der Waals surface area (Å²) in [5.74, 6) is 1.72.